The molecular weight excluding hydrogens is 306 g/mol. The first kappa shape index (κ1) is 16.1. The quantitative estimate of drug-likeness (QED) is 0.493. The van der Waals surface area contributed by atoms with Crippen molar-refractivity contribution in [1.82, 2.24) is 0 Å². The summed E-state index contributed by atoms with van der Waals surface area (Å²) in [7, 11) is 0. The highest BCUT2D eigenvalue weighted by Crippen LogP contribution is 2.36. The van der Waals surface area contributed by atoms with Gasteiger partial charge in [-0.25, -0.2) is 0 Å². The summed E-state index contributed by atoms with van der Waals surface area (Å²) in [6.45, 7) is 0. The largest absolute Gasteiger partial charge is 0.416 e. The molecule has 22 heavy (non-hydrogen) atoms. The lowest BCUT2D eigenvalue weighted by atomic mass is 10.0. The van der Waals surface area contributed by atoms with Crippen LogP contribution >= 0.6 is 0 Å². The van der Waals surface area contributed by atoms with Crippen LogP contribution < -0.4 is 0 Å². The van der Waals surface area contributed by atoms with E-state index in [4.69, 9.17) is 0 Å². The van der Waals surface area contributed by atoms with Crippen LogP contribution in [0.4, 0.5) is 26.3 Å². The average molecular weight is 315 g/mol. The monoisotopic (exact) mass is 315 g/mol. The number of halogens is 6. The maximum Gasteiger partial charge on any atom is 0.416 e. The smallest absolute Gasteiger partial charge is 0.166 e. The Morgan fingerprint density at radius 3 is 1.59 bits per heavy atom. The van der Waals surface area contributed by atoms with E-state index >= 15 is 0 Å². The molecule has 0 nitrogen and oxygen atoms in total. The van der Waals surface area contributed by atoms with Crippen molar-refractivity contribution in [2.24, 2.45) is 0 Å². The molecule has 0 saturated heterocycles. The van der Waals surface area contributed by atoms with Crippen molar-refractivity contribution >= 4 is 12.2 Å². The number of benzene rings is 2. The van der Waals surface area contributed by atoms with Crippen LogP contribution in [0.2, 0.25) is 0 Å². The van der Waals surface area contributed by atoms with Crippen LogP contribution in [0.3, 0.4) is 0 Å². The summed E-state index contributed by atoms with van der Waals surface area (Å²) in [6.07, 6.45) is -7.04. The van der Waals surface area contributed by atoms with Gasteiger partial charge in [0.25, 0.3) is 0 Å². The lowest BCUT2D eigenvalue weighted by Gasteiger charge is -2.12. The molecule has 0 fully saturated rings. The van der Waals surface area contributed by atoms with Crippen molar-refractivity contribution in [3.05, 3.63) is 70.8 Å². The molecule has 0 aromatic heterocycles. The number of hydrogen-bond donors (Lipinski definition) is 0. The third kappa shape index (κ3) is 4.13. The maximum atomic E-state index is 12.7. The Hall–Kier alpha value is -2.24. The highest BCUT2D eigenvalue weighted by atomic mass is 19.4. The van der Waals surface area contributed by atoms with Gasteiger partial charge in [0.1, 0.15) is 0 Å². The lowest BCUT2D eigenvalue weighted by Crippen LogP contribution is -2.11. The second-order valence-electron chi connectivity index (χ2n) is 4.51. The van der Waals surface area contributed by atoms with E-state index in [-0.39, 0.29) is 11.6 Å². The molecule has 0 atom stereocenters. The Morgan fingerprint density at radius 2 is 1.14 bits per heavy atom. The van der Waals surface area contributed by atoms with E-state index in [9.17, 15) is 26.3 Å². The topological polar surface area (TPSA) is 0 Å². The predicted octanol–water partition coefficient (Wildman–Crippen LogP) is 5.69. The van der Waals surface area contributed by atoms with Crippen LogP contribution in [0.5, 0.6) is 0 Å². The minimum atomic E-state index is -4.84. The molecule has 0 spiro atoms. The van der Waals surface area contributed by atoms with Crippen LogP contribution in [-0.2, 0) is 12.4 Å². The zero-order chi connectivity index (χ0) is 16.4. The highest BCUT2D eigenvalue weighted by Gasteiger charge is 2.36. The number of hydrogen-bond acceptors (Lipinski definition) is 0. The Morgan fingerprint density at radius 1 is 0.682 bits per heavy atom. The first-order valence-corrected chi connectivity index (χ1v) is 6.10. The Bertz CT molecular complexity index is 633. The summed E-state index contributed by atoms with van der Waals surface area (Å²) >= 11 is 0. The zero-order valence-corrected chi connectivity index (χ0v) is 11.0. The van der Waals surface area contributed by atoms with Gasteiger partial charge in [-0.05, 0) is 35.4 Å². The van der Waals surface area contributed by atoms with Gasteiger partial charge in [0.2, 0.25) is 0 Å². The molecule has 0 N–H and O–H groups in total. The van der Waals surface area contributed by atoms with Gasteiger partial charge in [0, 0.05) is 0 Å². The van der Waals surface area contributed by atoms with Crippen molar-refractivity contribution in [1.29, 1.82) is 0 Å². The van der Waals surface area contributed by atoms with Gasteiger partial charge in [0.05, 0.1) is 11.1 Å². The molecule has 0 saturated carbocycles. The number of rotatable bonds is 2. The van der Waals surface area contributed by atoms with Crippen molar-refractivity contribution in [3.63, 3.8) is 0 Å². The summed E-state index contributed by atoms with van der Waals surface area (Å²) in [5.74, 6) is 0. The maximum absolute atomic E-state index is 12.7. The minimum absolute atomic E-state index is 0.106. The zero-order valence-electron chi connectivity index (χ0n) is 11.0. The normalized spacial score (nSPS) is 12.8. The molecule has 1 radical (unpaired) electrons. The summed E-state index contributed by atoms with van der Waals surface area (Å²) < 4.78 is 76.2. The van der Waals surface area contributed by atoms with Crippen LogP contribution in [0.15, 0.2) is 42.5 Å². The van der Waals surface area contributed by atoms with Crippen LogP contribution in [-0.4, -0.2) is 0 Å². The summed E-state index contributed by atoms with van der Waals surface area (Å²) in [6, 6.07) is 10.7. The molecule has 0 amide bonds. The molecular formula is C16H9F6. The fourth-order valence-electron chi connectivity index (χ4n) is 1.78. The number of alkyl halides is 6. The molecule has 0 heterocycles. The first-order valence-electron chi connectivity index (χ1n) is 6.10. The van der Waals surface area contributed by atoms with Crippen LogP contribution in [0, 0.1) is 6.07 Å². The summed E-state index contributed by atoms with van der Waals surface area (Å²) in [5.41, 5.74) is -2.19. The second-order valence-corrected chi connectivity index (χ2v) is 4.51. The Labute approximate surface area is 122 Å². The van der Waals surface area contributed by atoms with Gasteiger partial charge < -0.3 is 0 Å². The molecule has 2 aromatic carbocycles. The third-order valence-electron chi connectivity index (χ3n) is 2.82. The molecule has 0 unspecified atom stereocenters. The Balaban J connectivity index is 2.45. The fourth-order valence-corrected chi connectivity index (χ4v) is 1.78. The molecule has 0 bridgehead atoms. The van der Waals surface area contributed by atoms with Crippen LogP contribution in [0.1, 0.15) is 22.3 Å². The van der Waals surface area contributed by atoms with Gasteiger partial charge in [-0.3, -0.25) is 0 Å². The third-order valence-corrected chi connectivity index (χ3v) is 2.82. The predicted molar refractivity (Wildman–Crippen MR) is 70.7 cm³/mol. The minimum Gasteiger partial charge on any atom is -0.166 e. The van der Waals surface area contributed by atoms with Crippen molar-refractivity contribution < 1.29 is 26.3 Å². The molecule has 0 aliphatic heterocycles. The lowest BCUT2D eigenvalue weighted by molar-refractivity contribution is -0.143. The van der Waals surface area contributed by atoms with Crippen molar-refractivity contribution in [3.8, 4) is 0 Å². The molecule has 2 aromatic rings. The van der Waals surface area contributed by atoms with Gasteiger partial charge in [0.15, 0.2) is 0 Å². The van der Waals surface area contributed by atoms with Gasteiger partial charge in [-0.1, -0.05) is 36.4 Å². The Kier molecular flexibility index (Phi) is 4.30. The van der Waals surface area contributed by atoms with Crippen LogP contribution in [0.25, 0.3) is 12.2 Å². The molecule has 6 heteroatoms. The van der Waals surface area contributed by atoms with E-state index in [2.05, 4.69) is 6.07 Å². The first-order chi connectivity index (χ1) is 10.2. The van der Waals surface area contributed by atoms with E-state index in [1.54, 1.807) is 24.3 Å². The van der Waals surface area contributed by atoms with Gasteiger partial charge in [-0.2, -0.15) is 26.3 Å². The molecule has 115 valence electrons. The van der Waals surface area contributed by atoms with Gasteiger partial charge >= 0.3 is 12.4 Å². The molecule has 2 rings (SSSR count). The second kappa shape index (κ2) is 5.87. The fraction of sp³-hybridized carbons (Fsp3) is 0.125. The van der Waals surface area contributed by atoms with Crippen molar-refractivity contribution in [2.75, 3.05) is 0 Å². The highest BCUT2D eigenvalue weighted by molar-refractivity contribution is 5.70. The molecule has 0 aliphatic rings. The van der Waals surface area contributed by atoms with E-state index in [0.29, 0.717) is 17.7 Å². The summed E-state index contributed by atoms with van der Waals surface area (Å²) in [4.78, 5) is 0. The van der Waals surface area contributed by atoms with Crippen molar-refractivity contribution in [2.45, 2.75) is 12.4 Å². The molecule has 0 aliphatic carbocycles. The average Bonchev–Trinajstić information content (AvgIpc) is 2.44. The van der Waals surface area contributed by atoms with E-state index in [0.717, 1.165) is 0 Å². The SMILES string of the molecule is FC(F)(F)c1cc(C=Cc2cc[c]cc2)cc(C(F)(F)F)c1. The van der Waals surface area contributed by atoms with E-state index in [1.807, 2.05) is 0 Å². The van der Waals surface area contributed by atoms with Gasteiger partial charge in [-0.15, -0.1) is 0 Å². The summed E-state index contributed by atoms with van der Waals surface area (Å²) in [5, 5.41) is 0. The van der Waals surface area contributed by atoms with E-state index < -0.39 is 23.5 Å². The van der Waals surface area contributed by atoms with E-state index in [1.165, 1.54) is 12.2 Å². The standard InChI is InChI=1S/C16H9F6/c17-15(18,19)13-8-12(9-14(10-13)16(20,21)22)7-6-11-4-2-1-3-5-11/h2-10H.